The average Bonchev–Trinajstić information content (AvgIpc) is 3.18. The number of aryl methyl sites for hydroxylation is 2. The van der Waals surface area contributed by atoms with Crippen molar-refractivity contribution in [2.45, 2.75) is 20.6 Å². The molecular formula is C16H15ClN4O2S. The van der Waals surface area contributed by atoms with Crippen LogP contribution in [0, 0.1) is 13.8 Å². The second kappa shape index (κ2) is 7.02. The SMILES string of the molecule is Cc1csc(NC(=O)c2ccn(COc3ccc(Cl)c(C)c3)n2)n1. The first-order chi connectivity index (χ1) is 11.5. The molecule has 2 heterocycles. The minimum Gasteiger partial charge on any atom is -0.471 e. The molecule has 1 aromatic carbocycles. The fraction of sp³-hybridized carbons (Fsp3) is 0.188. The Morgan fingerprint density at radius 1 is 1.38 bits per heavy atom. The van der Waals surface area contributed by atoms with E-state index in [1.807, 2.05) is 25.3 Å². The Bertz CT molecular complexity index is 875. The standard InChI is InChI=1S/C16H15ClN4O2S/c1-10-7-12(3-4-13(10)17)23-9-21-6-5-14(20-21)15(22)19-16-18-11(2)8-24-16/h3-8H,9H2,1-2H3,(H,18,19,22). The summed E-state index contributed by atoms with van der Waals surface area (Å²) in [6, 6.07) is 7.05. The van der Waals surface area contributed by atoms with E-state index in [1.165, 1.54) is 11.3 Å². The van der Waals surface area contributed by atoms with Crippen LogP contribution >= 0.6 is 22.9 Å². The molecule has 0 atom stereocenters. The van der Waals surface area contributed by atoms with Gasteiger partial charge in [-0.2, -0.15) is 5.10 Å². The number of rotatable bonds is 5. The Hall–Kier alpha value is -2.38. The molecule has 0 aliphatic rings. The van der Waals surface area contributed by atoms with Crippen LogP contribution in [0.1, 0.15) is 21.7 Å². The highest BCUT2D eigenvalue weighted by Crippen LogP contribution is 2.21. The van der Waals surface area contributed by atoms with E-state index in [0.717, 1.165) is 11.3 Å². The monoisotopic (exact) mass is 362 g/mol. The van der Waals surface area contributed by atoms with Gasteiger partial charge in [0.25, 0.3) is 5.91 Å². The topological polar surface area (TPSA) is 69.0 Å². The van der Waals surface area contributed by atoms with Gasteiger partial charge in [0, 0.05) is 16.6 Å². The highest BCUT2D eigenvalue weighted by molar-refractivity contribution is 7.13. The van der Waals surface area contributed by atoms with Gasteiger partial charge in [0.1, 0.15) is 5.75 Å². The maximum absolute atomic E-state index is 12.1. The maximum Gasteiger partial charge on any atom is 0.277 e. The normalized spacial score (nSPS) is 10.6. The number of aromatic nitrogens is 3. The Morgan fingerprint density at radius 3 is 2.92 bits per heavy atom. The number of nitrogens with zero attached hydrogens (tertiary/aromatic N) is 3. The van der Waals surface area contributed by atoms with Crippen molar-refractivity contribution in [3.8, 4) is 5.75 Å². The van der Waals surface area contributed by atoms with Crippen molar-refractivity contribution >= 4 is 34.0 Å². The van der Waals surface area contributed by atoms with E-state index in [9.17, 15) is 4.79 Å². The fourth-order valence-electron chi connectivity index (χ4n) is 1.97. The van der Waals surface area contributed by atoms with E-state index < -0.39 is 0 Å². The van der Waals surface area contributed by atoms with Crippen LogP contribution in [0.25, 0.3) is 0 Å². The number of hydrogen-bond acceptors (Lipinski definition) is 5. The number of nitrogens with one attached hydrogen (secondary N) is 1. The van der Waals surface area contributed by atoms with Crippen LogP contribution in [0.5, 0.6) is 5.75 Å². The third-order valence-electron chi connectivity index (χ3n) is 3.21. The largest absolute Gasteiger partial charge is 0.471 e. The molecule has 0 fully saturated rings. The zero-order valence-corrected chi connectivity index (χ0v) is 14.7. The lowest BCUT2D eigenvalue weighted by atomic mass is 10.2. The van der Waals surface area contributed by atoms with Crippen LogP contribution in [-0.4, -0.2) is 20.7 Å². The van der Waals surface area contributed by atoms with Gasteiger partial charge in [-0.05, 0) is 43.7 Å². The van der Waals surface area contributed by atoms with E-state index in [-0.39, 0.29) is 12.6 Å². The number of amides is 1. The van der Waals surface area contributed by atoms with E-state index >= 15 is 0 Å². The summed E-state index contributed by atoms with van der Waals surface area (Å²) >= 11 is 7.36. The molecule has 0 saturated heterocycles. The predicted octanol–water partition coefficient (Wildman–Crippen LogP) is 3.90. The van der Waals surface area contributed by atoms with Crippen LogP contribution in [0.15, 0.2) is 35.8 Å². The Kier molecular flexibility index (Phi) is 4.82. The molecule has 3 aromatic rings. The van der Waals surface area contributed by atoms with Crippen molar-refractivity contribution in [3.63, 3.8) is 0 Å². The van der Waals surface area contributed by atoms with Crippen LogP contribution in [0.2, 0.25) is 5.02 Å². The molecule has 0 bridgehead atoms. The third kappa shape index (κ3) is 3.93. The Balaban J connectivity index is 1.60. The Morgan fingerprint density at radius 2 is 2.21 bits per heavy atom. The second-order valence-corrected chi connectivity index (χ2v) is 6.44. The van der Waals surface area contributed by atoms with Crippen molar-refractivity contribution < 1.29 is 9.53 Å². The highest BCUT2D eigenvalue weighted by Gasteiger charge is 2.11. The summed E-state index contributed by atoms with van der Waals surface area (Å²) < 4.78 is 7.19. The molecule has 6 nitrogen and oxygen atoms in total. The van der Waals surface area contributed by atoms with Gasteiger partial charge in [0.2, 0.25) is 0 Å². The molecule has 1 amide bonds. The third-order valence-corrected chi connectivity index (χ3v) is 4.51. The van der Waals surface area contributed by atoms with Gasteiger partial charge in [0.15, 0.2) is 17.6 Å². The first-order valence-corrected chi connectivity index (χ1v) is 8.43. The number of anilines is 1. The van der Waals surface area contributed by atoms with Gasteiger partial charge in [-0.3, -0.25) is 10.1 Å². The molecule has 24 heavy (non-hydrogen) atoms. The second-order valence-electron chi connectivity index (χ2n) is 5.17. The number of ether oxygens (including phenoxy) is 1. The lowest BCUT2D eigenvalue weighted by Gasteiger charge is -2.07. The molecule has 0 saturated carbocycles. The number of benzene rings is 1. The van der Waals surface area contributed by atoms with Gasteiger partial charge in [0.05, 0.1) is 5.69 Å². The molecule has 3 rings (SSSR count). The van der Waals surface area contributed by atoms with Crippen LogP contribution < -0.4 is 10.1 Å². The van der Waals surface area contributed by atoms with Gasteiger partial charge >= 0.3 is 0 Å². The molecule has 0 aliphatic carbocycles. The number of hydrogen-bond donors (Lipinski definition) is 1. The molecular weight excluding hydrogens is 348 g/mol. The number of thiazole rings is 1. The van der Waals surface area contributed by atoms with Gasteiger partial charge < -0.3 is 4.74 Å². The highest BCUT2D eigenvalue weighted by atomic mass is 35.5. The first kappa shape index (κ1) is 16.5. The summed E-state index contributed by atoms with van der Waals surface area (Å²) in [6.07, 6.45) is 1.69. The van der Waals surface area contributed by atoms with E-state index in [1.54, 1.807) is 29.1 Å². The smallest absolute Gasteiger partial charge is 0.277 e. The van der Waals surface area contributed by atoms with Gasteiger partial charge in [-0.15, -0.1) is 11.3 Å². The maximum atomic E-state index is 12.1. The average molecular weight is 363 g/mol. The zero-order valence-electron chi connectivity index (χ0n) is 13.1. The summed E-state index contributed by atoms with van der Waals surface area (Å²) in [5.41, 5.74) is 2.11. The molecule has 0 radical (unpaired) electrons. The Labute approximate surface area is 148 Å². The van der Waals surface area contributed by atoms with Crippen molar-refractivity contribution in [1.82, 2.24) is 14.8 Å². The van der Waals surface area contributed by atoms with E-state index in [0.29, 0.717) is 21.6 Å². The van der Waals surface area contributed by atoms with Crippen molar-refractivity contribution in [1.29, 1.82) is 0 Å². The molecule has 8 heteroatoms. The van der Waals surface area contributed by atoms with Crippen LogP contribution in [0.4, 0.5) is 5.13 Å². The summed E-state index contributed by atoms with van der Waals surface area (Å²) in [5, 5.41) is 10.0. The summed E-state index contributed by atoms with van der Waals surface area (Å²) in [5.74, 6) is 0.391. The van der Waals surface area contributed by atoms with Crippen molar-refractivity contribution in [2.75, 3.05) is 5.32 Å². The van der Waals surface area contributed by atoms with E-state index in [2.05, 4.69) is 15.4 Å². The summed E-state index contributed by atoms with van der Waals surface area (Å²) in [7, 11) is 0. The zero-order chi connectivity index (χ0) is 17.1. The molecule has 0 spiro atoms. The van der Waals surface area contributed by atoms with Gasteiger partial charge in [-0.1, -0.05) is 11.6 Å². The molecule has 1 N–H and O–H groups in total. The molecule has 0 aliphatic heterocycles. The summed E-state index contributed by atoms with van der Waals surface area (Å²) in [6.45, 7) is 3.98. The lowest BCUT2D eigenvalue weighted by Crippen LogP contribution is -2.14. The number of carbonyl (C=O) groups excluding carboxylic acids is 1. The van der Waals surface area contributed by atoms with Crippen LogP contribution in [-0.2, 0) is 6.73 Å². The van der Waals surface area contributed by atoms with Crippen LogP contribution in [0.3, 0.4) is 0 Å². The summed E-state index contributed by atoms with van der Waals surface area (Å²) in [4.78, 5) is 16.3. The molecule has 124 valence electrons. The minimum absolute atomic E-state index is 0.199. The lowest BCUT2D eigenvalue weighted by molar-refractivity contribution is 0.102. The molecule has 2 aromatic heterocycles. The number of carbonyl (C=O) groups is 1. The van der Waals surface area contributed by atoms with Crippen molar-refractivity contribution in [3.05, 3.63) is 57.8 Å². The van der Waals surface area contributed by atoms with Crippen molar-refractivity contribution in [2.24, 2.45) is 0 Å². The number of halogens is 1. The first-order valence-electron chi connectivity index (χ1n) is 7.17. The van der Waals surface area contributed by atoms with E-state index in [4.69, 9.17) is 16.3 Å². The fourth-order valence-corrected chi connectivity index (χ4v) is 2.78. The predicted molar refractivity (Wildman–Crippen MR) is 93.8 cm³/mol. The molecule has 0 unspecified atom stereocenters. The quantitative estimate of drug-likeness (QED) is 0.747. The minimum atomic E-state index is -0.301. The van der Waals surface area contributed by atoms with Gasteiger partial charge in [-0.25, -0.2) is 9.67 Å².